The molecule has 15 heavy (non-hydrogen) atoms. The van der Waals surface area contributed by atoms with Crippen molar-refractivity contribution in [3.63, 3.8) is 0 Å². The first-order valence-corrected chi connectivity index (χ1v) is 7.10. The number of rotatable bonds is 7. The van der Waals surface area contributed by atoms with E-state index in [1.807, 2.05) is 0 Å². The van der Waals surface area contributed by atoms with Gasteiger partial charge in [-0.1, -0.05) is 0 Å². The van der Waals surface area contributed by atoms with Crippen LogP contribution in [0.2, 0.25) is 0 Å². The molecule has 1 rings (SSSR count). The average molecular weight is 231 g/mol. The summed E-state index contributed by atoms with van der Waals surface area (Å²) < 4.78 is 0. The zero-order valence-corrected chi connectivity index (χ0v) is 11.0. The molecule has 1 heterocycles. The van der Waals surface area contributed by atoms with Crippen LogP contribution in [-0.4, -0.2) is 74.7 Å². The Labute approximate surface area is 98.6 Å². The first kappa shape index (κ1) is 13.3. The molecule has 0 atom stereocenters. The van der Waals surface area contributed by atoms with Crippen molar-refractivity contribution in [2.24, 2.45) is 0 Å². The second-order valence-electron chi connectivity index (χ2n) is 4.36. The monoisotopic (exact) mass is 231 g/mol. The van der Waals surface area contributed by atoms with Crippen LogP contribution in [0, 0.1) is 0 Å². The van der Waals surface area contributed by atoms with E-state index in [-0.39, 0.29) is 0 Å². The van der Waals surface area contributed by atoms with Crippen LogP contribution < -0.4 is 5.32 Å². The third-order valence-corrected chi connectivity index (χ3v) is 3.61. The van der Waals surface area contributed by atoms with Gasteiger partial charge in [-0.25, -0.2) is 0 Å². The van der Waals surface area contributed by atoms with E-state index in [9.17, 15) is 0 Å². The molecule has 0 saturated carbocycles. The zero-order valence-electron chi connectivity index (χ0n) is 10.2. The van der Waals surface area contributed by atoms with Crippen molar-refractivity contribution in [2.75, 3.05) is 64.9 Å². The molecule has 0 bridgehead atoms. The molecule has 0 amide bonds. The van der Waals surface area contributed by atoms with E-state index in [0.29, 0.717) is 0 Å². The fourth-order valence-electron chi connectivity index (χ4n) is 1.71. The molecule has 0 spiro atoms. The van der Waals surface area contributed by atoms with Gasteiger partial charge in [0.15, 0.2) is 0 Å². The average Bonchev–Trinajstić information content (AvgIpc) is 2.24. The van der Waals surface area contributed by atoms with Gasteiger partial charge in [-0.3, -0.25) is 0 Å². The third kappa shape index (κ3) is 7.17. The second kappa shape index (κ2) is 8.39. The van der Waals surface area contributed by atoms with E-state index in [4.69, 9.17) is 0 Å². The molecule has 0 unspecified atom stereocenters. The fourth-order valence-corrected chi connectivity index (χ4v) is 2.69. The SMILES string of the molecule is CN(C)CCCNCCN1CCSCC1. The lowest BCUT2D eigenvalue weighted by Crippen LogP contribution is -2.38. The maximum atomic E-state index is 3.51. The molecular weight excluding hydrogens is 206 g/mol. The number of hydrogen-bond acceptors (Lipinski definition) is 4. The quantitative estimate of drug-likeness (QED) is 0.646. The lowest BCUT2D eigenvalue weighted by Gasteiger charge is -2.26. The van der Waals surface area contributed by atoms with Crippen molar-refractivity contribution >= 4 is 11.8 Å². The Balaban J connectivity index is 1.83. The van der Waals surface area contributed by atoms with Gasteiger partial charge in [-0.15, -0.1) is 0 Å². The molecule has 0 aromatic rings. The van der Waals surface area contributed by atoms with Crippen LogP contribution in [0.5, 0.6) is 0 Å². The van der Waals surface area contributed by atoms with Crippen LogP contribution in [0.25, 0.3) is 0 Å². The number of thioether (sulfide) groups is 1. The summed E-state index contributed by atoms with van der Waals surface area (Å²) in [6, 6.07) is 0. The molecule has 0 radical (unpaired) electrons. The summed E-state index contributed by atoms with van der Waals surface area (Å²) in [5, 5.41) is 3.51. The predicted octanol–water partition coefficient (Wildman–Crippen LogP) is 0.577. The van der Waals surface area contributed by atoms with Gasteiger partial charge < -0.3 is 15.1 Å². The highest BCUT2D eigenvalue weighted by molar-refractivity contribution is 7.99. The Bertz CT molecular complexity index is 147. The lowest BCUT2D eigenvalue weighted by atomic mass is 10.4. The molecule has 1 fully saturated rings. The molecule has 1 aliphatic heterocycles. The highest BCUT2D eigenvalue weighted by atomic mass is 32.2. The van der Waals surface area contributed by atoms with Crippen molar-refractivity contribution < 1.29 is 0 Å². The minimum absolute atomic E-state index is 1.15. The van der Waals surface area contributed by atoms with E-state index in [1.54, 1.807) is 0 Å². The minimum atomic E-state index is 1.15. The van der Waals surface area contributed by atoms with Gasteiger partial charge in [0, 0.05) is 37.7 Å². The Morgan fingerprint density at radius 3 is 2.60 bits per heavy atom. The fraction of sp³-hybridized carbons (Fsp3) is 1.00. The summed E-state index contributed by atoms with van der Waals surface area (Å²) in [4.78, 5) is 4.80. The smallest absolute Gasteiger partial charge is 0.0107 e. The van der Waals surface area contributed by atoms with Crippen LogP contribution in [-0.2, 0) is 0 Å². The molecule has 1 N–H and O–H groups in total. The molecule has 90 valence electrons. The minimum Gasteiger partial charge on any atom is -0.315 e. The Morgan fingerprint density at radius 2 is 1.93 bits per heavy atom. The molecule has 4 heteroatoms. The van der Waals surface area contributed by atoms with E-state index in [2.05, 4.69) is 41.0 Å². The maximum Gasteiger partial charge on any atom is 0.0107 e. The maximum absolute atomic E-state index is 3.51. The van der Waals surface area contributed by atoms with Gasteiger partial charge in [-0.2, -0.15) is 11.8 Å². The van der Waals surface area contributed by atoms with Gasteiger partial charge in [-0.05, 0) is 33.6 Å². The van der Waals surface area contributed by atoms with E-state index < -0.39 is 0 Å². The van der Waals surface area contributed by atoms with Crippen molar-refractivity contribution in [3.05, 3.63) is 0 Å². The molecule has 0 aromatic heterocycles. The van der Waals surface area contributed by atoms with Crippen LogP contribution >= 0.6 is 11.8 Å². The predicted molar refractivity (Wildman–Crippen MR) is 69.8 cm³/mol. The zero-order chi connectivity index (χ0) is 10.9. The summed E-state index contributed by atoms with van der Waals surface area (Å²) in [6.07, 6.45) is 1.25. The molecule has 1 aliphatic rings. The number of nitrogens with one attached hydrogen (secondary N) is 1. The summed E-state index contributed by atoms with van der Waals surface area (Å²) >= 11 is 2.08. The third-order valence-electron chi connectivity index (χ3n) is 2.67. The molecule has 3 nitrogen and oxygen atoms in total. The topological polar surface area (TPSA) is 18.5 Å². The standard InChI is InChI=1S/C11H25N3S/c1-13(2)6-3-4-12-5-7-14-8-10-15-11-9-14/h12H,3-11H2,1-2H3. The van der Waals surface area contributed by atoms with E-state index in [1.165, 1.54) is 44.1 Å². The molecule has 1 saturated heterocycles. The van der Waals surface area contributed by atoms with Crippen molar-refractivity contribution in [3.8, 4) is 0 Å². The Morgan fingerprint density at radius 1 is 1.20 bits per heavy atom. The first-order chi connectivity index (χ1) is 7.29. The summed E-state index contributed by atoms with van der Waals surface area (Å²) in [5.41, 5.74) is 0. The van der Waals surface area contributed by atoms with Crippen LogP contribution in [0.4, 0.5) is 0 Å². The number of nitrogens with zero attached hydrogens (tertiary/aromatic N) is 2. The highest BCUT2D eigenvalue weighted by Gasteiger charge is 2.08. The number of hydrogen-bond donors (Lipinski definition) is 1. The molecular formula is C11H25N3S. The van der Waals surface area contributed by atoms with Crippen molar-refractivity contribution in [1.82, 2.24) is 15.1 Å². The highest BCUT2D eigenvalue weighted by Crippen LogP contribution is 2.07. The first-order valence-electron chi connectivity index (χ1n) is 5.94. The van der Waals surface area contributed by atoms with Gasteiger partial charge in [0.2, 0.25) is 0 Å². The molecule has 0 aromatic carbocycles. The largest absolute Gasteiger partial charge is 0.315 e. The van der Waals surface area contributed by atoms with Crippen molar-refractivity contribution in [1.29, 1.82) is 0 Å². The lowest BCUT2D eigenvalue weighted by molar-refractivity contribution is 0.299. The van der Waals surface area contributed by atoms with Gasteiger partial charge in [0.1, 0.15) is 0 Å². The van der Waals surface area contributed by atoms with Crippen LogP contribution in [0.3, 0.4) is 0 Å². The van der Waals surface area contributed by atoms with Gasteiger partial charge in [0.05, 0.1) is 0 Å². The van der Waals surface area contributed by atoms with E-state index >= 15 is 0 Å². The Hall–Kier alpha value is 0.230. The molecule has 0 aliphatic carbocycles. The normalized spacial score (nSPS) is 18.6. The summed E-state index contributed by atoms with van der Waals surface area (Å²) in [5.74, 6) is 2.64. The van der Waals surface area contributed by atoms with Crippen LogP contribution in [0.1, 0.15) is 6.42 Å². The summed E-state index contributed by atoms with van der Waals surface area (Å²) in [6.45, 7) is 7.28. The summed E-state index contributed by atoms with van der Waals surface area (Å²) in [7, 11) is 4.26. The van der Waals surface area contributed by atoms with E-state index in [0.717, 1.165) is 13.1 Å². The van der Waals surface area contributed by atoms with Crippen molar-refractivity contribution in [2.45, 2.75) is 6.42 Å². The van der Waals surface area contributed by atoms with Gasteiger partial charge >= 0.3 is 0 Å². The Kier molecular flexibility index (Phi) is 7.44. The van der Waals surface area contributed by atoms with Gasteiger partial charge in [0.25, 0.3) is 0 Å². The second-order valence-corrected chi connectivity index (χ2v) is 5.59. The van der Waals surface area contributed by atoms with Crippen LogP contribution in [0.15, 0.2) is 0 Å².